The first-order chi connectivity index (χ1) is 6.61. The molecule has 0 spiro atoms. The molecule has 0 bridgehead atoms. The standard InChI is InChI=1S/C7H6N4O2S/c8-3-2-5(9)10-1-11-6(2)14-4(3)7(12)13/h1H,8H2,(H,12,13)(H2,9,10,11). The van der Waals surface area contributed by atoms with Crippen LogP contribution in [0.25, 0.3) is 10.2 Å². The first-order valence-corrected chi connectivity index (χ1v) is 4.44. The van der Waals surface area contributed by atoms with Gasteiger partial charge in [-0.2, -0.15) is 0 Å². The molecule has 0 aliphatic carbocycles. The molecule has 7 heteroatoms. The number of carboxylic acid groups (broad SMARTS) is 1. The van der Waals surface area contributed by atoms with Gasteiger partial charge in [0.1, 0.15) is 21.9 Å². The highest BCUT2D eigenvalue weighted by Crippen LogP contribution is 2.34. The van der Waals surface area contributed by atoms with E-state index in [-0.39, 0.29) is 16.4 Å². The largest absolute Gasteiger partial charge is 0.477 e. The van der Waals surface area contributed by atoms with Gasteiger partial charge in [0, 0.05) is 0 Å². The zero-order valence-corrected chi connectivity index (χ0v) is 7.71. The molecule has 2 aromatic heterocycles. The molecule has 0 atom stereocenters. The summed E-state index contributed by atoms with van der Waals surface area (Å²) in [5.74, 6) is -0.874. The second-order valence-electron chi connectivity index (χ2n) is 2.59. The summed E-state index contributed by atoms with van der Waals surface area (Å²) in [4.78, 5) is 18.9. The van der Waals surface area contributed by atoms with Crippen molar-refractivity contribution in [2.45, 2.75) is 0 Å². The first kappa shape index (κ1) is 8.70. The number of aromatic nitrogens is 2. The van der Waals surface area contributed by atoms with Crippen LogP contribution >= 0.6 is 11.3 Å². The lowest BCUT2D eigenvalue weighted by Gasteiger charge is -1.94. The van der Waals surface area contributed by atoms with E-state index in [1.54, 1.807) is 0 Å². The lowest BCUT2D eigenvalue weighted by Crippen LogP contribution is -1.98. The smallest absolute Gasteiger partial charge is 0.348 e. The fourth-order valence-corrected chi connectivity index (χ4v) is 2.05. The Morgan fingerprint density at radius 3 is 2.71 bits per heavy atom. The van der Waals surface area contributed by atoms with E-state index in [9.17, 15) is 4.79 Å². The first-order valence-electron chi connectivity index (χ1n) is 3.63. The molecule has 14 heavy (non-hydrogen) atoms. The van der Waals surface area contributed by atoms with Crippen molar-refractivity contribution in [1.82, 2.24) is 9.97 Å². The zero-order chi connectivity index (χ0) is 10.3. The van der Waals surface area contributed by atoms with E-state index in [1.165, 1.54) is 6.33 Å². The Labute approximate surface area is 82.2 Å². The number of hydrogen-bond acceptors (Lipinski definition) is 6. The Morgan fingerprint density at radius 2 is 2.14 bits per heavy atom. The summed E-state index contributed by atoms with van der Waals surface area (Å²) in [6, 6.07) is 0. The van der Waals surface area contributed by atoms with Crippen LogP contribution in [0.4, 0.5) is 11.5 Å². The monoisotopic (exact) mass is 210 g/mol. The number of hydrogen-bond donors (Lipinski definition) is 3. The number of anilines is 2. The van der Waals surface area contributed by atoms with Gasteiger partial charge in [-0.25, -0.2) is 14.8 Å². The average molecular weight is 210 g/mol. The van der Waals surface area contributed by atoms with E-state index in [2.05, 4.69) is 9.97 Å². The summed E-state index contributed by atoms with van der Waals surface area (Å²) in [5.41, 5.74) is 11.3. The van der Waals surface area contributed by atoms with Crippen molar-refractivity contribution in [2.24, 2.45) is 0 Å². The van der Waals surface area contributed by atoms with E-state index in [1.807, 2.05) is 0 Å². The van der Waals surface area contributed by atoms with Crippen LogP contribution in [0.1, 0.15) is 9.67 Å². The maximum absolute atomic E-state index is 10.7. The maximum Gasteiger partial charge on any atom is 0.348 e. The molecule has 2 aromatic rings. The summed E-state index contributed by atoms with van der Waals surface area (Å²) in [6.45, 7) is 0. The lowest BCUT2D eigenvalue weighted by atomic mass is 10.3. The molecule has 0 aliphatic rings. The molecule has 6 nitrogen and oxygen atoms in total. The third-order valence-corrected chi connectivity index (χ3v) is 2.85. The number of rotatable bonds is 1. The Bertz CT molecular complexity index is 522. The van der Waals surface area contributed by atoms with Crippen LogP contribution in [-0.4, -0.2) is 21.0 Å². The van der Waals surface area contributed by atoms with Crippen LogP contribution in [0.2, 0.25) is 0 Å². The molecule has 72 valence electrons. The second kappa shape index (κ2) is 2.81. The van der Waals surface area contributed by atoms with Crippen LogP contribution in [0.15, 0.2) is 6.33 Å². The van der Waals surface area contributed by atoms with Gasteiger partial charge < -0.3 is 16.6 Å². The number of nitrogen functional groups attached to an aromatic ring is 2. The summed E-state index contributed by atoms with van der Waals surface area (Å²) >= 11 is 0.991. The minimum atomic E-state index is -1.08. The molecule has 0 amide bonds. The van der Waals surface area contributed by atoms with Gasteiger partial charge in [0.25, 0.3) is 0 Å². The van der Waals surface area contributed by atoms with E-state index in [0.29, 0.717) is 10.2 Å². The molecule has 0 aliphatic heterocycles. The molecule has 0 aromatic carbocycles. The minimum absolute atomic E-state index is 0.0483. The minimum Gasteiger partial charge on any atom is -0.477 e. The lowest BCUT2D eigenvalue weighted by molar-refractivity contribution is 0.0703. The number of carboxylic acids is 1. The molecular weight excluding hydrogens is 204 g/mol. The maximum atomic E-state index is 10.7. The van der Waals surface area contributed by atoms with Crippen LogP contribution in [0.5, 0.6) is 0 Å². The summed E-state index contributed by atoms with van der Waals surface area (Å²) in [5, 5.41) is 9.22. The number of carbonyl (C=O) groups is 1. The summed E-state index contributed by atoms with van der Waals surface area (Å²) < 4.78 is 0. The Hall–Kier alpha value is -1.89. The van der Waals surface area contributed by atoms with Gasteiger partial charge in [0.2, 0.25) is 0 Å². The van der Waals surface area contributed by atoms with Crippen molar-refractivity contribution in [2.75, 3.05) is 11.5 Å². The number of thiophene rings is 1. The third-order valence-electron chi connectivity index (χ3n) is 1.75. The number of nitrogens with zero attached hydrogens (tertiary/aromatic N) is 2. The normalized spacial score (nSPS) is 10.6. The Morgan fingerprint density at radius 1 is 1.43 bits per heavy atom. The molecular formula is C7H6N4O2S. The zero-order valence-electron chi connectivity index (χ0n) is 6.89. The molecule has 0 radical (unpaired) electrons. The number of aromatic carboxylic acids is 1. The predicted molar refractivity (Wildman–Crippen MR) is 53.2 cm³/mol. The Balaban J connectivity index is 2.87. The van der Waals surface area contributed by atoms with Crippen LogP contribution < -0.4 is 11.5 Å². The SMILES string of the molecule is Nc1ncnc2sc(C(=O)O)c(N)c12. The highest BCUT2D eigenvalue weighted by molar-refractivity contribution is 7.21. The third kappa shape index (κ3) is 1.06. The molecule has 0 saturated carbocycles. The van der Waals surface area contributed by atoms with Crippen molar-refractivity contribution in [3.05, 3.63) is 11.2 Å². The number of fused-ring (bicyclic) bond motifs is 1. The van der Waals surface area contributed by atoms with E-state index in [0.717, 1.165) is 11.3 Å². The number of nitrogens with two attached hydrogens (primary N) is 2. The predicted octanol–water partition coefficient (Wildman–Crippen LogP) is 0.554. The topological polar surface area (TPSA) is 115 Å². The van der Waals surface area contributed by atoms with E-state index in [4.69, 9.17) is 16.6 Å². The van der Waals surface area contributed by atoms with Gasteiger partial charge >= 0.3 is 5.97 Å². The van der Waals surface area contributed by atoms with Gasteiger partial charge in [0.15, 0.2) is 0 Å². The van der Waals surface area contributed by atoms with Crippen LogP contribution in [-0.2, 0) is 0 Å². The quantitative estimate of drug-likeness (QED) is 0.633. The van der Waals surface area contributed by atoms with Crippen molar-refractivity contribution in [1.29, 1.82) is 0 Å². The van der Waals surface area contributed by atoms with Crippen molar-refractivity contribution in [3.8, 4) is 0 Å². The van der Waals surface area contributed by atoms with Crippen molar-refractivity contribution < 1.29 is 9.90 Å². The summed E-state index contributed by atoms with van der Waals surface area (Å²) in [7, 11) is 0. The van der Waals surface area contributed by atoms with Crippen LogP contribution in [0.3, 0.4) is 0 Å². The van der Waals surface area contributed by atoms with Crippen LogP contribution in [0, 0.1) is 0 Å². The highest BCUT2D eigenvalue weighted by Gasteiger charge is 2.18. The van der Waals surface area contributed by atoms with Gasteiger partial charge in [-0.1, -0.05) is 0 Å². The molecule has 5 N–H and O–H groups in total. The Kier molecular flexibility index (Phi) is 1.74. The van der Waals surface area contributed by atoms with Gasteiger partial charge in [0.05, 0.1) is 11.1 Å². The van der Waals surface area contributed by atoms with Crippen molar-refractivity contribution in [3.63, 3.8) is 0 Å². The van der Waals surface area contributed by atoms with E-state index >= 15 is 0 Å². The van der Waals surface area contributed by atoms with Gasteiger partial charge in [-0.05, 0) is 0 Å². The highest BCUT2D eigenvalue weighted by atomic mass is 32.1. The van der Waals surface area contributed by atoms with E-state index < -0.39 is 5.97 Å². The average Bonchev–Trinajstić information content (AvgIpc) is 2.45. The molecule has 0 fully saturated rings. The van der Waals surface area contributed by atoms with Gasteiger partial charge in [-0.3, -0.25) is 0 Å². The summed E-state index contributed by atoms with van der Waals surface area (Å²) in [6.07, 6.45) is 1.28. The fraction of sp³-hybridized carbons (Fsp3) is 0. The second-order valence-corrected chi connectivity index (χ2v) is 3.59. The van der Waals surface area contributed by atoms with Crippen molar-refractivity contribution >= 4 is 39.0 Å². The molecule has 2 rings (SSSR count). The van der Waals surface area contributed by atoms with Gasteiger partial charge in [-0.15, -0.1) is 11.3 Å². The fourth-order valence-electron chi connectivity index (χ4n) is 1.14. The molecule has 0 saturated heterocycles. The molecule has 0 unspecified atom stereocenters. The molecule has 2 heterocycles.